The van der Waals surface area contributed by atoms with Crippen LogP contribution >= 0.6 is 0 Å². The third-order valence-electron chi connectivity index (χ3n) is 5.89. The monoisotopic (exact) mass is 369 g/mol. The lowest BCUT2D eigenvalue weighted by Crippen LogP contribution is -2.53. The largest absolute Gasteiger partial charge is 0.404 e. The van der Waals surface area contributed by atoms with Gasteiger partial charge >= 0.3 is 6.18 Å². The van der Waals surface area contributed by atoms with Crippen LogP contribution in [0, 0.1) is 10.8 Å². The summed E-state index contributed by atoms with van der Waals surface area (Å²) in [6, 6.07) is 9.39. The molecular weight excluding hydrogens is 343 g/mol. The highest BCUT2D eigenvalue weighted by Gasteiger charge is 2.64. The molecule has 26 heavy (non-hydrogen) atoms. The summed E-state index contributed by atoms with van der Waals surface area (Å²) in [5, 5.41) is 0. The maximum atomic E-state index is 14.0. The van der Waals surface area contributed by atoms with E-state index >= 15 is 0 Å². The molecule has 2 aliphatic rings. The second kappa shape index (κ2) is 6.85. The zero-order valence-corrected chi connectivity index (χ0v) is 15.1. The average molecular weight is 369 g/mol. The minimum absolute atomic E-state index is 0.183. The predicted octanol–water partition coefficient (Wildman–Crippen LogP) is 2.64. The third kappa shape index (κ3) is 3.47. The van der Waals surface area contributed by atoms with E-state index in [4.69, 9.17) is 5.73 Å². The summed E-state index contributed by atoms with van der Waals surface area (Å²) >= 11 is 0. The number of carbonyl (C=O) groups is 1. The van der Waals surface area contributed by atoms with Crippen LogP contribution in [0.3, 0.4) is 0 Å². The summed E-state index contributed by atoms with van der Waals surface area (Å²) in [5.41, 5.74) is 4.10. The molecule has 0 radical (unpaired) electrons. The van der Waals surface area contributed by atoms with E-state index in [1.54, 1.807) is 4.90 Å². The molecule has 2 saturated heterocycles. The van der Waals surface area contributed by atoms with Gasteiger partial charge in [-0.2, -0.15) is 13.2 Å². The molecule has 1 aromatic carbocycles. The first kappa shape index (κ1) is 19.2. The van der Waals surface area contributed by atoms with Gasteiger partial charge in [0.15, 0.2) is 5.41 Å². The van der Waals surface area contributed by atoms with Crippen LogP contribution in [-0.4, -0.2) is 54.6 Å². The summed E-state index contributed by atoms with van der Waals surface area (Å²) in [6.45, 7) is 3.36. The Balaban J connectivity index is 1.77. The molecular formula is C19H26F3N3O. The van der Waals surface area contributed by atoms with E-state index < -0.39 is 17.5 Å². The van der Waals surface area contributed by atoms with E-state index in [9.17, 15) is 18.0 Å². The van der Waals surface area contributed by atoms with Gasteiger partial charge in [-0.05, 0) is 36.9 Å². The van der Waals surface area contributed by atoms with Crippen LogP contribution in [0.4, 0.5) is 13.2 Å². The van der Waals surface area contributed by atoms with Crippen molar-refractivity contribution in [3.63, 3.8) is 0 Å². The average Bonchev–Trinajstić information content (AvgIpc) is 3.20. The number of rotatable bonds is 4. The Labute approximate surface area is 152 Å². The topological polar surface area (TPSA) is 49.6 Å². The highest BCUT2D eigenvalue weighted by Crippen LogP contribution is 2.48. The fourth-order valence-electron chi connectivity index (χ4n) is 4.06. The number of nitrogens with two attached hydrogens (primary N) is 1. The molecule has 1 amide bonds. The lowest BCUT2D eigenvalue weighted by atomic mass is 9.84. The highest BCUT2D eigenvalue weighted by molar-refractivity contribution is 5.84. The van der Waals surface area contributed by atoms with Crippen LogP contribution in [-0.2, 0) is 11.3 Å². The van der Waals surface area contributed by atoms with E-state index in [0.717, 1.165) is 5.56 Å². The Kier molecular flexibility index (Phi) is 5.05. The SMILES string of the molecule is CC1(CN)CCN(C(=O)C2(C(F)(F)F)CCN(Cc3ccccc3)C2)C1. The summed E-state index contributed by atoms with van der Waals surface area (Å²) < 4.78 is 42.0. The van der Waals surface area contributed by atoms with Crippen LogP contribution in [0.1, 0.15) is 25.3 Å². The molecule has 4 nitrogen and oxygen atoms in total. The fourth-order valence-corrected chi connectivity index (χ4v) is 4.06. The molecule has 2 N–H and O–H groups in total. The molecule has 3 rings (SSSR count). The van der Waals surface area contributed by atoms with Crippen LogP contribution < -0.4 is 5.73 Å². The van der Waals surface area contributed by atoms with Gasteiger partial charge in [0.2, 0.25) is 5.91 Å². The zero-order chi connectivity index (χ0) is 19.0. The number of hydrogen-bond donors (Lipinski definition) is 1. The van der Waals surface area contributed by atoms with Crippen LogP contribution in [0.15, 0.2) is 30.3 Å². The van der Waals surface area contributed by atoms with Crippen molar-refractivity contribution in [2.24, 2.45) is 16.6 Å². The molecule has 2 aliphatic heterocycles. The molecule has 0 aromatic heterocycles. The lowest BCUT2D eigenvalue weighted by molar-refractivity contribution is -0.223. The first-order valence-electron chi connectivity index (χ1n) is 9.02. The molecule has 0 aliphatic carbocycles. The summed E-state index contributed by atoms with van der Waals surface area (Å²) in [4.78, 5) is 16.1. The highest BCUT2D eigenvalue weighted by atomic mass is 19.4. The number of benzene rings is 1. The number of halogens is 3. The van der Waals surface area contributed by atoms with Crippen molar-refractivity contribution in [3.05, 3.63) is 35.9 Å². The molecule has 0 bridgehead atoms. The van der Waals surface area contributed by atoms with E-state index in [1.807, 2.05) is 37.3 Å². The number of amides is 1. The molecule has 2 fully saturated rings. The molecule has 2 heterocycles. The second-order valence-corrected chi connectivity index (χ2v) is 8.02. The van der Waals surface area contributed by atoms with Gasteiger partial charge in [-0.15, -0.1) is 0 Å². The standard InChI is InChI=1S/C19H26F3N3O/c1-17(12-23)7-10-25(13-17)16(26)18(19(20,21)22)8-9-24(14-18)11-15-5-3-2-4-6-15/h2-6H,7-14,23H2,1H3. The molecule has 2 atom stereocenters. The minimum Gasteiger partial charge on any atom is -0.341 e. The molecule has 144 valence electrons. The zero-order valence-electron chi connectivity index (χ0n) is 15.1. The molecule has 0 saturated carbocycles. The van der Waals surface area contributed by atoms with Gasteiger partial charge in [0.1, 0.15) is 0 Å². The van der Waals surface area contributed by atoms with Crippen LogP contribution in [0.2, 0.25) is 0 Å². The summed E-state index contributed by atoms with van der Waals surface area (Å²) in [7, 11) is 0. The van der Waals surface area contributed by atoms with E-state index in [-0.39, 0.29) is 24.9 Å². The number of alkyl halides is 3. The van der Waals surface area contributed by atoms with Crippen molar-refractivity contribution in [3.8, 4) is 0 Å². The Hall–Kier alpha value is -1.60. The van der Waals surface area contributed by atoms with E-state index in [1.165, 1.54) is 4.90 Å². The quantitative estimate of drug-likeness (QED) is 0.888. The smallest absolute Gasteiger partial charge is 0.341 e. The first-order valence-corrected chi connectivity index (χ1v) is 9.02. The van der Waals surface area contributed by atoms with Crippen molar-refractivity contribution < 1.29 is 18.0 Å². The van der Waals surface area contributed by atoms with Gasteiger partial charge in [-0.3, -0.25) is 9.69 Å². The van der Waals surface area contributed by atoms with Gasteiger partial charge in [-0.1, -0.05) is 37.3 Å². The fraction of sp³-hybridized carbons (Fsp3) is 0.632. The number of nitrogens with zero attached hydrogens (tertiary/aromatic N) is 2. The summed E-state index contributed by atoms with van der Waals surface area (Å²) in [5.74, 6) is -0.780. The van der Waals surface area contributed by atoms with Crippen molar-refractivity contribution >= 4 is 5.91 Å². The third-order valence-corrected chi connectivity index (χ3v) is 5.89. The van der Waals surface area contributed by atoms with E-state index in [2.05, 4.69) is 0 Å². The first-order chi connectivity index (χ1) is 12.2. The summed E-state index contributed by atoms with van der Waals surface area (Å²) in [6.07, 6.45) is -4.09. The van der Waals surface area contributed by atoms with Crippen molar-refractivity contribution in [1.29, 1.82) is 0 Å². The normalized spacial score (nSPS) is 30.1. The number of carbonyl (C=O) groups excluding carboxylic acids is 1. The van der Waals surface area contributed by atoms with Gasteiger partial charge in [-0.25, -0.2) is 0 Å². The van der Waals surface area contributed by atoms with Crippen molar-refractivity contribution in [1.82, 2.24) is 9.80 Å². The van der Waals surface area contributed by atoms with Gasteiger partial charge < -0.3 is 10.6 Å². The number of hydrogen-bond acceptors (Lipinski definition) is 3. The van der Waals surface area contributed by atoms with Crippen LogP contribution in [0.25, 0.3) is 0 Å². The van der Waals surface area contributed by atoms with Crippen LogP contribution in [0.5, 0.6) is 0 Å². The van der Waals surface area contributed by atoms with Crippen molar-refractivity contribution in [2.75, 3.05) is 32.7 Å². The van der Waals surface area contributed by atoms with Gasteiger partial charge in [0, 0.05) is 26.2 Å². The molecule has 0 spiro atoms. The Morgan fingerprint density at radius 3 is 2.42 bits per heavy atom. The molecule has 7 heteroatoms. The Morgan fingerprint density at radius 2 is 1.85 bits per heavy atom. The predicted molar refractivity (Wildman–Crippen MR) is 93.2 cm³/mol. The van der Waals surface area contributed by atoms with E-state index in [0.29, 0.717) is 32.6 Å². The maximum absolute atomic E-state index is 14.0. The Bertz CT molecular complexity index is 651. The lowest BCUT2D eigenvalue weighted by Gasteiger charge is -2.35. The molecule has 2 unspecified atom stereocenters. The molecule has 1 aromatic rings. The second-order valence-electron chi connectivity index (χ2n) is 8.02. The van der Waals surface area contributed by atoms with Crippen molar-refractivity contribution in [2.45, 2.75) is 32.5 Å². The van der Waals surface area contributed by atoms with Gasteiger partial charge in [0.25, 0.3) is 0 Å². The minimum atomic E-state index is -4.56. The number of likely N-dealkylation sites (tertiary alicyclic amines) is 2. The Morgan fingerprint density at radius 1 is 1.15 bits per heavy atom. The van der Waals surface area contributed by atoms with Gasteiger partial charge in [0.05, 0.1) is 0 Å². The maximum Gasteiger partial charge on any atom is 0.404 e.